The highest BCUT2D eigenvalue weighted by Crippen LogP contribution is 2.24. The molecular formula is C18H29NO. The standard InChI is InChI=1S/C18H29NO/c1-17(2,3)12-15(19)11-16(20)13-7-9-14(10-8-13)18(4,5)6/h7-10,15H,11-12,19H2,1-6H3. The zero-order valence-electron chi connectivity index (χ0n) is 13.8. The van der Waals surface area contributed by atoms with Crippen molar-refractivity contribution in [1.82, 2.24) is 0 Å². The van der Waals surface area contributed by atoms with Gasteiger partial charge in [-0.25, -0.2) is 0 Å². The Morgan fingerprint density at radius 3 is 1.95 bits per heavy atom. The number of hydrogen-bond acceptors (Lipinski definition) is 2. The average Bonchev–Trinajstić information content (AvgIpc) is 2.25. The van der Waals surface area contributed by atoms with Crippen LogP contribution < -0.4 is 5.73 Å². The summed E-state index contributed by atoms with van der Waals surface area (Å²) in [7, 11) is 0. The van der Waals surface area contributed by atoms with Crippen molar-refractivity contribution >= 4 is 5.78 Å². The Balaban J connectivity index is 2.69. The Hall–Kier alpha value is -1.15. The van der Waals surface area contributed by atoms with Crippen molar-refractivity contribution in [2.24, 2.45) is 11.1 Å². The van der Waals surface area contributed by atoms with Crippen molar-refractivity contribution in [2.75, 3.05) is 0 Å². The summed E-state index contributed by atoms with van der Waals surface area (Å²) in [6, 6.07) is 7.87. The van der Waals surface area contributed by atoms with Crippen molar-refractivity contribution in [3.8, 4) is 0 Å². The molecule has 0 aliphatic rings. The van der Waals surface area contributed by atoms with E-state index < -0.39 is 0 Å². The van der Waals surface area contributed by atoms with Gasteiger partial charge in [0.15, 0.2) is 5.78 Å². The van der Waals surface area contributed by atoms with E-state index in [0.29, 0.717) is 6.42 Å². The Morgan fingerprint density at radius 1 is 1.05 bits per heavy atom. The van der Waals surface area contributed by atoms with Crippen LogP contribution in [-0.4, -0.2) is 11.8 Å². The summed E-state index contributed by atoms with van der Waals surface area (Å²) in [6.07, 6.45) is 1.28. The van der Waals surface area contributed by atoms with E-state index in [1.54, 1.807) is 0 Å². The molecule has 2 nitrogen and oxygen atoms in total. The predicted molar refractivity (Wildman–Crippen MR) is 86.1 cm³/mol. The summed E-state index contributed by atoms with van der Waals surface area (Å²) < 4.78 is 0. The molecule has 0 bridgehead atoms. The lowest BCUT2D eigenvalue weighted by Crippen LogP contribution is -2.29. The van der Waals surface area contributed by atoms with Crippen molar-refractivity contribution in [2.45, 2.75) is 65.8 Å². The second-order valence-electron chi connectivity index (χ2n) is 7.98. The highest BCUT2D eigenvalue weighted by molar-refractivity contribution is 5.96. The highest BCUT2D eigenvalue weighted by atomic mass is 16.1. The number of carbonyl (C=O) groups excluding carboxylic acids is 1. The maximum atomic E-state index is 12.2. The smallest absolute Gasteiger partial charge is 0.164 e. The van der Waals surface area contributed by atoms with Crippen LogP contribution >= 0.6 is 0 Å². The van der Waals surface area contributed by atoms with Gasteiger partial charge in [0, 0.05) is 18.0 Å². The van der Waals surface area contributed by atoms with Gasteiger partial charge in [0.25, 0.3) is 0 Å². The summed E-state index contributed by atoms with van der Waals surface area (Å²) in [4.78, 5) is 12.2. The normalized spacial score (nSPS) is 14.2. The molecule has 20 heavy (non-hydrogen) atoms. The third-order valence-corrected chi connectivity index (χ3v) is 3.40. The summed E-state index contributed by atoms with van der Waals surface area (Å²) >= 11 is 0. The first kappa shape index (κ1) is 16.9. The van der Waals surface area contributed by atoms with Gasteiger partial charge in [-0.15, -0.1) is 0 Å². The molecule has 0 spiro atoms. The van der Waals surface area contributed by atoms with Crippen molar-refractivity contribution in [1.29, 1.82) is 0 Å². The van der Waals surface area contributed by atoms with Gasteiger partial charge in [-0.2, -0.15) is 0 Å². The van der Waals surface area contributed by atoms with Gasteiger partial charge in [0.2, 0.25) is 0 Å². The van der Waals surface area contributed by atoms with Crippen LogP contribution in [0.5, 0.6) is 0 Å². The number of nitrogens with two attached hydrogens (primary N) is 1. The minimum Gasteiger partial charge on any atom is -0.327 e. The molecule has 1 aromatic carbocycles. The molecule has 2 heteroatoms. The average molecular weight is 275 g/mol. The van der Waals surface area contributed by atoms with Gasteiger partial charge in [0.05, 0.1) is 0 Å². The molecule has 0 aromatic heterocycles. The zero-order valence-corrected chi connectivity index (χ0v) is 13.8. The topological polar surface area (TPSA) is 43.1 Å². The molecule has 0 amide bonds. The fourth-order valence-corrected chi connectivity index (χ4v) is 2.37. The van der Waals surface area contributed by atoms with E-state index in [9.17, 15) is 4.79 Å². The molecule has 0 aliphatic heterocycles. The van der Waals surface area contributed by atoms with E-state index in [-0.39, 0.29) is 22.7 Å². The molecule has 1 unspecified atom stereocenters. The molecule has 0 heterocycles. The first-order valence-electron chi connectivity index (χ1n) is 7.38. The van der Waals surface area contributed by atoms with E-state index in [0.717, 1.165) is 12.0 Å². The molecule has 0 radical (unpaired) electrons. The molecule has 112 valence electrons. The molecule has 1 atom stereocenters. The Labute approximate surface area is 123 Å². The quantitative estimate of drug-likeness (QED) is 0.832. The van der Waals surface area contributed by atoms with Crippen LogP contribution in [0.4, 0.5) is 0 Å². The molecule has 2 N–H and O–H groups in total. The number of ketones is 1. The third-order valence-electron chi connectivity index (χ3n) is 3.40. The molecule has 0 saturated heterocycles. The van der Waals surface area contributed by atoms with Gasteiger partial charge in [-0.1, -0.05) is 65.8 Å². The van der Waals surface area contributed by atoms with Crippen LogP contribution in [0.15, 0.2) is 24.3 Å². The SMILES string of the molecule is CC(C)(C)CC(N)CC(=O)c1ccc(C(C)(C)C)cc1. The summed E-state index contributed by atoms with van der Waals surface area (Å²) in [5, 5.41) is 0. The Kier molecular flexibility index (Phi) is 5.15. The number of Topliss-reactive ketones (excluding diaryl/α,β-unsaturated/α-hetero) is 1. The van der Waals surface area contributed by atoms with Crippen LogP contribution in [0, 0.1) is 5.41 Å². The predicted octanol–water partition coefficient (Wildman–Crippen LogP) is 4.32. The van der Waals surface area contributed by atoms with Gasteiger partial charge in [-0.05, 0) is 22.8 Å². The van der Waals surface area contributed by atoms with Crippen LogP contribution in [0.2, 0.25) is 0 Å². The van der Waals surface area contributed by atoms with Gasteiger partial charge >= 0.3 is 0 Å². The van der Waals surface area contributed by atoms with E-state index in [1.807, 2.05) is 24.3 Å². The highest BCUT2D eigenvalue weighted by Gasteiger charge is 2.19. The monoisotopic (exact) mass is 275 g/mol. The Morgan fingerprint density at radius 2 is 1.55 bits per heavy atom. The van der Waals surface area contributed by atoms with E-state index in [4.69, 9.17) is 5.73 Å². The van der Waals surface area contributed by atoms with Gasteiger partial charge in [-0.3, -0.25) is 4.79 Å². The van der Waals surface area contributed by atoms with E-state index in [2.05, 4.69) is 41.5 Å². The number of rotatable bonds is 4. The largest absolute Gasteiger partial charge is 0.327 e. The maximum absolute atomic E-state index is 12.2. The number of benzene rings is 1. The van der Waals surface area contributed by atoms with Crippen molar-refractivity contribution < 1.29 is 4.79 Å². The molecule has 0 fully saturated rings. The molecular weight excluding hydrogens is 246 g/mol. The minimum atomic E-state index is -0.0650. The third kappa shape index (κ3) is 5.46. The van der Waals surface area contributed by atoms with Crippen LogP contribution in [-0.2, 0) is 5.41 Å². The lowest BCUT2D eigenvalue weighted by molar-refractivity contribution is 0.0968. The first-order chi connectivity index (χ1) is 8.99. The second kappa shape index (κ2) is 6.09. The van der Waals surface area contributed by atoms with Crippen molar-refractivity contribution in [3.63, 3.8) is 0 Å². The van der Waals surface area contributed by atoms with E-state index in [1.165, 1.54) is 5.56 Å². The summed E-state index contributed by atoms with van der Waals surface area (Å²) in [5.74, 6) is 0.141. The van der Waals surface area contributed by atoms with Gasteiger partial charge in [0.1, 0.15) is 0 Å². The minimum absolute atomic E-state index is 0.0650. The molecule has 1 rings (SSSR count). The van der Waals surface area contributed by atoms with Crippen LogP contribution in [0.1, 0.15) is 70.3 Å². The van der Waals surface area contributed by atoms with Crippen LogP contribution in [0.3, 0.4) is 0 Å². The fraction of sp³-hybridized carbons (Fsp3) is 0.611. The van der Waals surface area contributed by atoms with Gasteiger partial charge < -0.3 is 5.73 Å². The number of carbonyl (C=O) groups is 1. The lowest BCUT2D eigenvalue weighted by atomic mass is 9.85. The molecule has 0 saturated carbocycles. The van der Waals surface area contributed by atoms with Crippen LogP contribution in [0.25, 0.3) is 0 Å². The lowest BCUT2D eigenvalue weighted by Gasteiger charge is -2.23. The summed E-state index contributed by atoms with van der Waals surface area (Å²) in [6.45, 7) is 13.0. The second-order valence-corrected chi connectivity index (χ2v) is 7.98. The summed E-state index contributed by atoms with van der Waals surface area (Å²) in [5.41, 5.74) is 8.36. The van der Waals surface area contributed by atoms with Crippen molar-refractivity contribution in [3.05, 3.63) is 35.4 Å². The number of hydrogen-bond donors (Lipinski definition) is 1. The zero-order chi connectivity index (χ0) is 15.6. The fourth-order valence-electron chi connectivity index (χ4n) is 2.37. The maximum Gasteiger partial charge on any atom is 0.164 e. The molecule has 0 aliphatic carbocycles. The molecule has 1 aromatic rings. The van der Waals surface area contributed by atoms with E-state index >= 15 is 0 Å². The Bertz CT molecular complexity index is 446. The first-order valence-corrected chi connectivity index (χ1v) is 7.38.